The second-order valence-corrected chi connectivity index (χ2v) is 7.75. The number of rotatable bonds is 4. The molecule has 136 valence electrons. The van der Waals surface area contributed by atoms with Crippen molar-refractivity contribution in [3.8, 4) is 0 Å². The van der Waals surface area contributed by atoms with E-state index in [1.807, 2.05) is 0 Å². The van der Waals surface area contributed by atoms with Gasteiger partial charge in [-0.25, -0.2) is 18.4 Å². The van der Waals surface area contributed by atoms with Gasteiger partial charge in [0.15, 0.2) is 9.84 Å². The number of anilines is 1. The molecule has 0 saturated carbocycles. The summed E-state index contributed by atoms with van der Waals surface area (Å²) in [6, 6.07) is 9.34. The van der Waals surface area contributed by atoms with Gasteiger partial charge in [-0.3, -0.25) is 0 Å². The molecule has 0 aliphatic rings. The molecule has 0 aliphatic carbocycles. The Balaban J connectivity index is 1.75. The van der Waals surface area contributed by atoms with Crippen molar-refractivity contribution in [3.05, 3.63) is 59.8 Å². The zero-order valence-electron chi connectivity index (χ0n) is 13.6. The molecule has 2 aromatic carbocycles. The van der Waals surface area contributed by atoms with Crippen LogP contribution in [-0.2, 0) is 22.6 Å². The van der Waals surface area contributed by atoms with Crippen LogP contribution in [0.1, 0.15) is 11.1 Å². The Kier molecular flexibility index (Phi) is 4.57. The van der Waals surface area contributed by atoms with E-state index in [4.69, 9.17) is 0 Å². The molecule has 0 radical (unpaired) electrons. The summed E-state index contributed by atoms with van der Waals surface area (Å²) in [5.41, 5.74) is 0.501. The van der Waals surface area contributed by atoms with Crippen LogP contribution in [0.25, 0.3) is 10.9 Å². The Hall–Kier alpha value is -2.68. The van der Waals surface area contributed by atoms with Gasteiger partial charge in [0, 0.05) is 24.4 Å². The van der Waals surface area contributed by atoms with E-state index in [9.17, 15) is 21.6 Å². The number of hydrogen-bond donors (Lipinski definition) is 1. The monoisotopic (exact) mass is 381 g/mol. The Morgan fingerprint density at radius 3 is 2.38 bits per heavy atom. The highest BCUT2D eigenvalue weighted by atomic mass is 32.2. The normalized spacial score (nSPS) is 12.3. The number of hydrogen-bond acceptors (Lipinski definition) is 5. The lowest BCUT2D eigenvalue weighted by molar-refractivity contribution is -0.137. The van der Waals surface area contributed by atoms with Crippen LogP contribution in [0, 0.1) is 0 Å². The predicted molar refractivity (Wildman–Crippen MR) is 91.4 cm³/mol. The summed E-state index contributed by atoms with van der Waals surface area (Å²) in [6.45, 7) is 0.255. The molecule has 0 atom stereocenters. The molecule has 0 saturated heterocycles. The van der Waals surface area contributed by atoms with E-state index >= 15 is 0 Å². The summed E-state index contributed by atoms with van der Waals surface area (Å²) in [4.78, 5) is 8.56. The maximum absolute atomic E-state index is 12.5. The number of alkyl halides is 3. The van der Waals surface area contributed by atoms with Crippen molar-refractivity contribution in [1.82, 2.24) is 9.97 Å². The van der Waals surface area contributed by atoms with Crippen LogP contribution in [0.3, 0.4) is 0 Å². The molecule has 0 amide bonds. The third-order valence-corrected chi connectivity index (χ3v) is 4.82. The van der Waals surface area contributed by atoms with Crippen molar-refractivity contribution < 1.29 is 21.6 Å². The summed E-state index contributed by atoms with van der Waals surface area (Å²) in [5, 5.41) is 3.51. The topological polar surface area (TPSA) is 72.0 Å². The van der Waals surface area contributed by atoms with Crippen LogP contribution in [0.2, 0.25) is 0 Å². The molecule has 1 N–H and O–H groups in total. The molecule has 0 aliphatic heterocycles. The highest BCUT2D eigenvalue weighted by Crippen LogP contribution is 2.29. The molecule has 3 aromatic rings. The van der Waals surface area contributed by atoms with E-state index < -0.39 is 21.6 Å². The van der Waals surface area contributed by atoms with Crippen molar-refractivity contribution in [2.75, 3.05) is 11.6 Å². The van der Waals surface area contributed by atoms with E-state index in [2.05, 4.69) is 15.3 Å². The van der Waals surface area contributed by atoms with Crippen molar-refractivity contribution in [2.45, 2.75) is 17.6 Å². The Bertz CT molecular complexity index is 1050. The maximum Gasteiger partial charge on any atom is 0.416 e. The van der Waals surface area contributed by atoms with E-state index in [1.165, 1.54) is 30.5 Å². The van der Waals surface area contributed by atoms with Gasteiger partial charge in [0.1, 0.15) is 0 Å². The van der Waals surface area contributed by atoms with Crippen molar-refractivity contribution in [2.24, 2.45) is 0 Å². The fourth-order valence-electron chi connectivity index (χ4n) is 2.32. The van der Waals surface area contributed by atoms with E-state index in [0.717, 1.165) is 18.4 Å². The predicted octanol–water partition coefficient (Wildman–Crippen LogP) is 3.66. The molecule has 5 nitrogen and oxygen atoms in total. The van der Waals surface area contributed by atoms with Gasteiger partial charge in [0.05, 0.1) is 16.0 Å². The smallest absolute Gasteiger partial charge is 0.350 e. The van der Waals surface area contributed by atoms with Gasteiger partial charge in [-0.05, 0) is 35.9 Å². The summed E-state index contributed by atoms with van der Waals surface area (Å²) < 4.78 is 60.8. The molecule has 0 unspecified atom stereocenters. The average Bonchev–Trinajstić information content (AvgIpc) is 2.58. The first kappa shape index (κ1) is 18.1. The van der Waals surface area contributed by atoms with Gasteiger partial charge in [0.25, 0.3) is 0 Å². The van der Waals surface area contributed by atoms with Crippen LogP contribution in [0.15, 0.2) is 53.6 Å². The van der Waals surface area contributed by atoms with Crippen LogP contribution in [-0.4, -0.2) is 24.6 Å². The van der Waals surface area contributed by atoms with Crippen LogP contribution >= 0.6 is 0 Å². The molecule has 26 heavy (non-hydrogen) atoms. The number of nitrogens with zero attached hydrogens (tertiary/aromatic N) is 2. The average molecular weight is 381 g/mol. The number of benzene rings is 2. The van der Waals surface area contributed by atoms with E-state index in [0.29, 0.717) is 22.4 Å². The van der Waals surface area contributed by atoms with Crippen LogP contribution in [0.4, 0.5) is 19.1 Å². The van der Waals surface area contributed by atoms with Crippen LogP contribution < -0.4 is 5.32 Å². The second-order valence-electron chi connectivity index (χ2n) is 5.73. The highest BCUT2D eigenvalue weighted by molar-refractivity contribution is 7.90. The minimum atomic E-state index is -4.36. The van der Waals surface area contributed by atoms with Gasteiger partial charge in [-0.2, -0.15) is 13.2 Å². The van der Waals surface area contributed by atoms with Gasteiger partial charge in [0.2, 0.25) is 5.95 Å². The first-order valence-corrected chi connectivity index (χ1v) is 9.39. The van der Waals surface area contributed by atoms with Crippen LogP contribution in [0.5, 0.6) is 0 Å². The number of nitrogens with one attached hydrogen (secondary N) is 1. The Morgan fingerprint density at radius 1 is 1.08 bits per heavy atom. The lowest BCUT2D eigenvalue weighted by Gasteiger charge is -2.09. The van der Waals surface area contributed by atoms with Gasteiger partial charge >= 0.3 is 6.18 Å². The summed E-state index contributed by atoms with van der Waals surface area (Å²) >= 11 is 0. The van der Waals surface area contributed by atoms with E-state index in [1.54, 1.807) is 6.07 Å². The molecule has 3 rings (SSSR count). The lowest BCUT2D eigenvalue weighted by atomic mass is 10.1. The largest absolute Gasteiger partial charge is 0.416 e. The zero-order chi connectivity index (χ0) is 18.9. The van der Waals surface area contributed by atoms with Crippen molar-refractivity contribution >= 4 is 26.7 Å². The van der Waals surface area contributed by atoms with Gasteiger partial charge < -0.3 is 5.32 Å². The minimum Gasteiger partial charge on any atom is -0.350 e. The Morgan fingerprint density at radius 2 is 1.77 bits per heavy atom. The summed E-state index contributed by atoms with van der Waals surface area (Å²) in [6.07, 6.45) is -1.75. The third-order valence-electron chi connectivity index (χ3n) is 3.71. The van der Waals surface area contributed by atoms with Gasteiger partial charge in [-0.1, -0.05) is 12.1 Å². The molecular weight excluding hydrogens is 367 g/mol. The molecule has 0 bridgehead atoms. The SMILES string of the molecule is CS(=O)(=O)c1ccc2nc(NCc3ccc(C(F)(F)F)cc3)ncc2c1. The number of sulfone groups is 1. The molecule has 9 heteroatoms. The zero-order valence-corrected chi connectivity index (χ0v) is 14.4. The number of aromatic nitrogens is 2. The Labute approximate surface area is 147 Å². The van der Waals surface area contributed by atoms with Crippen molar-refractivity contribution in [3.63, 3.8) is 0 Å². The first-order chi connectivity index (χ1) is 12.1. The number of halogens is 3. The second kappa shape index (κ2) is 6.56. The highest BCUT2D eigenvalue weighted by Gasteiger charge is 2.29. The molecule has 1 heterocycles. The van der Waals surface area contributed by atoms with Gasteiger partial charge in [-0.15, -0.1) is 0 Å². The molecular formula is C17H14F3N3O2S. The van der Waals surface area contributed by atoms with E-state index in [-0.39, 0.29) is 11.4 Å². The quantitative estimate of drug-likeness (QED) is 0.747. The minimum absolute atomic E-state index is 0.180. The third kappa shape index (κ3) is 4.10. The summed E-state index contributed by atoms with van der Waals surface area (Å²) in [5.74, 6) is 0.296. The lowest BCUT2D eigenvalue weighted by Crippen LogP contribution is -2.06. The molecule has 0 spiro atoms. The van der Waals surface area contributed by atoms with Crippen molar-refractivity contribution in [1.29, 1.82) is 0 Å². The maximum atomic E-state index is 12.5. The molecule has 0 fully saturated rings. The molecule has 1 aromatic heterocycles. The number of fused-ring (bicyclic) bond motifs is 1. The summed E-state index contributed by atoms with van der Waals surface area (Å²) in [7, 11) is -3.32. The first-order valence-electron chi connectivity index (χ1n) is 7.50. The fraction of sp³-hybridized carbons (Fsp3) is 0.176. The standard InChI is InChI=1S/C17H14F3N3O2S/c1-26(24,25)14-6-7-15-12(8-14)10-22-16(23-15)21-9-11-2-4-13(5-3-11)17(18,19)20/h2-8,10H,9H2,1H3,(H,21,22,23). The fourth-order valence-corrected chi connectivity index (χ4v) is 2.98.